The third-order valence-electron chi connectivity index (χ3n) is 3.79. The van der Waals surface area contributed by atoms with Crippen LogP contribution in [0.25, 0.3) is 0 Å². The van der Waals surface area contributed by atoms with Gasteiger partial charge >= 0.3 is 0 Å². The fourth-order valence-electron chi connectivity index (χ4n) is 2.49. The van der Waals surface area contributed by atoms with Gasteiger partial charge in [-0.2, -0.15) is 0 Å². The van der Waals surface area contributed by atoms with E-state index in [1.54, 1.807) is 12.3 Å². The van der Waals surface area contributed by atoms with Gasteiger partial charge in [0.15, 0.2) is 0 Å². The second-order valence-electron chi connectivity index (χ2n) is 5.45. The van der Waals surface area contributed by atoms with Crippen molar-refractivity contribution in [3.8, 4) is 11.8 Å². The molecule has 1 aliphatic heterocycles. The number of likely N-dealkylation sites (tertiary alicyclic amines) is 1. The first kappa shape index (κ1) is 14.5. The van der Waals surface area contributed by atoms with Gasteiger partial charge in [-0.25, -0.2) is 4.98 Å². The van der Waals surface area contributed by atoms with Gasteiger partial charge in [-0.15, -0.1) is 0 Å². The summed E-state index contributed by atoms with van der Waals surface area (Å²) in [6, 6.07) is 3.61. The first-order valence-corrected chi connectivity index (χ1v) is 7.06. The molecule has 0 spiro atoms. The molecule has 1 unspecified atom stereocenters. The molecule has 1 aromatic rings. The summed E-state index contributed by atoms with van der Waals surface area (Å²) in [6.45, 7) is 6.32. The highest BCUT2D eigenvalue weighted by molar-refractivity contribution is 5.94. The number of amides is 1. The third-order valence-corrected chi connectivity index (χ3v) is 3.79. The van der Waals surface area contributed by atoms with Crippen molar-refractivity contribution in [2.24, 2.45) is 17.6 Å². The second-order valence-corrected chi connectivity index (χ2v) is 5.45. The van der Waals surface area contributed by atoms with Gasteiger partial charge in [0, 0.05) is 19.3 Å². The monoisotopic (exact) mass is 271 g/mol. The zero-order valence-electron chi connectivity index (χ0n) is 12.1. The summed E-state index contributed by atoms with van der Waals surface area (Å²) in [4.78, 5) is 18.7. The van der Waals surface area contributed by atoms with Crippen molar-refractivity contribution in [3.63, 3.8) is 0 Å². The molecule has 0 saturated carbocycles. The van der Waals surface area contributed by atoms with Gasteiger partial charge in [-0.05, 0) is 30.4 Å². The van der Waals surface area contributed by atoms with E-state index < -0.39 is 0 Å². The number of nitrogens with two attached hydrogens (primary N) is 1. The van der Waals surface area contributed by atoms with Gasteiger partial charge in [0.1, 0.15) is 5.69 Å². The molecule has 4 heteroatoms. The lowest BCUT2D eigenvalue weighted by atomic mass is 9.95. The van der Waals surface area contributed by atoms with Crippen molar-refractivity contribution < 1.29 is 4.79 Å². The zero-order chi connectivity index (χ0) is 14.5. The largest absolute Gasteiger partial charge is 0.337 e. The van der Waals surface area contributed by atoms with Crippen LogP contribution in [0.4, 0.5) is 0 Å². The van der Waals surface area contributed by atoms with Crippen molar-refractivity contribution in [3.05, 3.63) is 29.6 Å². The molecule has 0 aliphatic carbocycles. The average molecular weight is 271 g/mol. The molecule has 0 radical (unpaired) electrons. The molecule has 1 saturated heterocycles. The van der Waals surface area contributed by atoms with Crippen molar-refractivity contribution in [2.45, 2.75) is 20.3 Å². The van der Waals surface area contributed by atoms with E-state index in [1.807, 2.05) is 11.0 Å². The summed E-state index contributed by atoms with van der Waals surface area (Å²) in [5.74, 6) is 6.88. The van der Waals surface area contributed by atoms with Crippen molar-refractivity contribution in [1.82, 2.24) is 9.88 Å². The topological polar surface area (TPSA) is 59.2 Å². The van der Waals surface area contributed by atoms with Crippen molar-refractivity contribution in [2.75, 3.05) is 19.6 Å². The van der Waals surface area contributed by atoms with Gasteiger partial charge in [0.2, 0.25) is 0 Å². The predicted molar refractivity (Wildman–Crippen MR) is 79.0 cm³/mol. The molecule has 1 aromatic heterocycles. The summed E-state index contributed by atoms with van der Waals surface area (Å²) in [7, 11) is 0. The van der Waals surface area contributed by atoms with E-state index in [0.717, 1.165) is 19.5 Å². The molecule has 20 heavy (non-hydrogen) atoms. The van der Waals surface area contributed by atoms with E-state index in [0.29, 0.717) is 23.1 Å². The van der Waals surface area contributed by atoms with E-state index in [2.05, 4.69) is 30.7 Å². The second kappa shape index (κ2) is 6.53. The highest BCUT2D eigenvalue weighted by Gasteiger charge is 2.29. The molecule has 0 aromatic carbocycles. The minimum atomic E-state index is -0.0185. The minimum absolute atomic E-state index is 0.0185. The van der Waals surface area contributed by atoms with Crippen molar-refractivity contribution in [1.29, 1.82) is 0 Å². The Morgan fingerprint density at radius 3 is 3.05 bits per heavy atom. The number of pyridine rings is 1. The Labute approximate surface area is 120 Å². The summed E-state index contributed by atoms with van der Waals surface area (Å²) in [5, 5.41) is 0. The Morgan fingerprint density at radius 2 is 2.40 bits per heavy atom. The van der Waals surface area contributed by atoms with Crippen LogP contribution in [-0.4, -0.2) is 35.4 Å². The number of hydrogen-bond donors (Lipinski definition) is 1. The van der Waals surface area contributed by atoms with E-state index >= 15 is 0 Å². The summed E-state index contributed by atoms with van der Waals surface area (Å²) in [5.41, 5.74) is 6.49. The Bertz CT molecular complexity index is 542. The Hall–Kier alpha value is -1.86. The lowest BCUT2D eigenvalue weighted by molar-refractivity contribution is 0.0778. The molecule has 2 rings (SSSR count). The van der Waals surface area contributed by atoms with Crippen LogP contribution < -0.4 is 5.73 Å². The molecule has 1 fully saturated rings. The molecular formula is C16H21N3O. The van der Waals surface area contributed by atoms with Gasteiger partial charge in [-0.3, -0.25) is 4.79 Å². The van der Waals surface area contributed by atoms with Crippen LogP contribution in [0.15, 0.2) is 18.3 Å². The third kappa shape index (κ3) is 3.17. The number of aromatic nitrogens is 1. The van der Waals surface area contributed by atoms with Crippen LogP contribution in [-0.2, 0) is 0 Å². The molecule has 2 N–H and O–H groups in total. The Morgan fingerprint density at radius 1 is 1.60 bits per heavy atom. The molecule has 4 nitrogen and oxygen atoms in total. The van der Waals surface area contributed by atoms with Gasteiger partial charge in [0.25, 0.3) is 5.91 Å². The van der Waals surface area contributed by atoms with Gasteiger partial charge in [-0.1, -0.05) is 25.7 Å². The summed E-state index contributed by atoms with van der Waals surface area (Å²) < 4.78 is 0. The lowest BCUT2D eigenvalue weighted by Crippen LogP contribution is -2.30. The first-order valence-electron chi connectivity index (χ1n) is 7.06. The number of nitrogens with zero attached hydrogens (tertiary/aromatic N) is 2. The zero-order valence-corrected chi connectivity index (χ0v) is 12.1. The molecular weight excluding hydrogens is 250 g/mol. The number of carbonyl (C=O) groups is 1. The maximum atomic E-state index is 12.6. The number of carbonyl (C=O) groups excluding carboxylic acids is 1. The molecule has 0 bridgehead atoms. The smallest absolute Gasteiger partial charge is 0.273 e. The van der Waals surface area contributed by atoms with Crippen LogP contribution in [0.3, 0.4) is 0 Å². The first-order chi connectivity index (χ1) is 9.63. The fourth-order valence-corrected chi connectivity index (χ4v) is 2.49. The standard InChI is InChI=1S/C16H21N3O/c1-12(2)14-7-10-19(11-14)16(20)15-13(5-3-8-17)6-4-9-18-15/h4,6,9,12,14H,7-8,10-11,17H2,1-2H3. The minimum Gasteiger partial charge on any atom is -0.337 e. The van der Waals surface area contributed by atoms with Crippen LogP contribution >= 0.6 is 0 Å². The normalized spacial score (nSPS) is 18.0. The Balaban J connectivity index is 2.18. The highest BCUT2D eigenvalue weighted by Crippen LogP contribution is 2.25. The van der Waals surface area contributed by atoms with E-state index in [1.165, 1.54) is 0 Å². The predicted octanol–water partition coefficient (Wildman–Crippen LogP) is 1.51. The molecule has 106 valence electrons. The summed E-state index contributed by atoms with van der Waals surface area (Å²) in [6.07, 6.45) is 2.71. The van der Waals surface area contributed by atoms with Crippen molar-refractivity contribution >= 4 is 5.91 Å². The Kier molecular flexibility index (Phi) is 4.75. The van der Waals surface area contributed by atoms with Gasteiger partial charge in [0.05, 0.1) is 12.1 Å². The quantitative estimate of drug-likeness (QED) is 0.829. The van der Waals surface area contributed by atoms with Crippen LogP contribution in [0, 0.1) is 23.7 Å². The van der Waals surface area contributed by atoms with Crippen LogP contribution in [0.2, 0.25) is 0 Å². The van der Waals surface area contributed by atoms with E-state index in [9.17, 15) is 4.79 Å². The average Bonchev–Trinajstić information content (AvgIpc) is 2.94. The molecule has 1 amide bonds. The summed E-state index contributed by atoms with van der Waals surface area (Å²) >= 11 is 0. The van der Waals surface area contributed by atoms with E-state index in [4.69, 9.17) is 5.73 Å². The molecule has 1 aliphatic rings. The maximum absolute atomic E-state index is 12.6. The maximum Gasteiger partial charge on any atom is 0.273 e. The molecule has 1 atom stereocenters. The fraction of sp³-hybridized carbons (Fsp3) is 0.500. The molecule has 2 heterocycles. The van der Waals surface area contributed by atoms with Crippen LogP contribution in [0.5, 0.6) is 0 Å². The van der Waals surface area contributed by atoms with Gasteiger partial charge < -0.3 is 10.6 Å². The van der Waals surface area contributed by atoms with E-state index in [-0.39, 0.29) is 12.5 Å². The highest BCUT2D eigenvalue weighted by atomic mass is 16.2. The van der Waals surface area contributed by atoms with Crippen LogP contribution in [0.1, 0.15) is 36.3 Å². The lowest BCUT2D eigenvalue weighted by Gasteiger charge is -2.18. The SMILES string of the molecule is CC(C)C1CCN(C(=O)c2ncccc2C#CCN)C1. The number of hydrogen-bond acceptors (Lipinski definition) is 3. The number of rotatable bonds is 2.